The first-order chi connectivity index (χ1) is 24.0. The topological polar surface area (TPSA) is 40.4 Å². The first-order valence-electron chi connectivity index (χ1n) is 17.9. The highest BCUT2D eigenvalue weighted by molar-refractivity contribution is 6.09. The summed E-state index contributed by atoms with van der Waals surface area (Å²) in [5.74, 6) is 0. The van der Waals surface area contributed by atoms with E-state index in [-0.39, 0.29) is 0 Å². The summed E-state index contributed by atoms with van der Waals surface area (Å²) in [5.41, 5.74) is 7.15. The lowest BCUT2D eigenvalue weighted by atomic mass is 10.1. The molecule has 0 spiro atoms. The standard InChI is InChI=1S/C42H53N4O3/c1-43-19-15-35(16-20-43)7-9-37-11-13-41-39(33-37)40-34-38(10-8-36-17-21-44(2)22-18-36)12-14-42(40)45(41)23-27-47-29-31-49-32-30-48-28-26-46(3)24-5-4-6-25-46/h7-22,33-34H,4-6,23-32H2,1-3H3/q+3. The Morgan fingerprint density at radius 3 is 1.53 bits per heavy atom. The monoisotopic (exact) mass is 661 g/mol. The van der Waals surface area contributed by atoms with E-state index in [0.717, 1.165) is 24.2 Å². The quantitative estimate of drug-likeness (QED) is 0.0693. The molecule has 7 heteroatoms. The van der Waals surface area contributed by atoms with Crippen LogP contribution in [0.3, 0.4) is 0 Å². The summed E-state index contributed by atoms with van der Waals surface area (Å²) in [6, 6.07) is 22.0. The van der Waals surface area contributed by atoms with Crippen LogP contribution in [0.25, 0.3) is 46.1 Å². The first-order valence-corrected chi connectivity index (χ1v) is 17.9. The number of benzene rings is 2. The van der Waals surface area contributed by atoms with E-state index in [1.54, 1.807) is 0 Å². The summed E-state index contributed by atoms with van der Waals surface area (Å²) in [6.45, 7) is 8.27. The van der Waals surface area contributed by atoms with Crippen LogP contribution in [0.5, 0.6) is 0 Å². The molecule has 0 amide bonds. The molecule has 0 saturated carbocycles. The first kappa shape index (κ1) is 34.7. The number of nitrogens with zero attached hydrogens (tertiary/aromatic N) is 4. The molecule has 49 heavy (non-hydrogen) atoms. The smallest absolute Gasteiger partial charge is 0.169 e. The van der Waals surface area contributed by atoms with Crippen molar-refractivity contribution in [1.82, 2.24) is 4.57 Å². The highest BCUT2D eigenvalue weighted by Crippen LogP contribution is 2.32. The Hall–Kier alpha value is -4.14. The normalized spacial score (nSPS) is 14.9. The van der Waals surface area contributed by atoms with Gasteiger partial charge in [0.1, 0.15) is 20.6 Å². The van der Waals surface area contributed by atoms with E-state index in [1.165, 1.54) is 76.4 Å². The highest BCUT2D eigenvalue weighted by Gasteiger charge is 2.23. The number of rotatable bonds is 16. The Morgan fingerprint density at radius 1 is 0.571 bits per heavy atom. The van der Waals surface area contributed by atoms with Crippen LogP contribution in [0.1, 0.15) is 41.5 Å². The van der Waals surface area contributed by atoms with Gasteiger partial charge < -0.3 is 23.3 Å². The molecular formula is C42H53N4O3+3. The second-order valence-corrected chi connectivity index (χ2v) is 13.7. The van der Waals surface area contributed by atoms with E-state index < -0.39 is 0 Å². The van der Waals surface area contributed by atoms with Gasteiger partial charge in [0.25, 0.3) is 0 Å². The molecule has 1 saturated heterocycles. The van der Waals surface area contributed by atoms with Gasteiger partial charge in [-0.1, -0.05) is 36.4 Å². The molecule has 0 radical (unpaired) electrons. The van der Waals surface area contributed by atoms with Gasteiger partial charge in [-0.3, -0.25) is 0 Å². The van der Waals surface area contributed by atoms with Crippen LogP contribution in [-0.2, 0) is 34.9 Å². The lowest BCUT2D eigenvalue weighted by molar-refractivity contribution is -0.914. The van der Waals surface area contributed by atoms with Gasteiger partial charge >= 0.3 is 0 Å². The lowest BCUT2D eigenvalue weighted by Gasteiger charge is -2.37. The van der Waals surface area contributed by atoms with Crippen LogP contribution >= 0.6 is 0 Å². The van der Waals surface area contributed by atoms with E-state index in [9.17, 15) is 0 Å². The number of aryl methyl sites for hydroxylation is 2. The highest BCUT2D eigenvalue weighted by atomic mass is 16.5. The largest absolute Gasteiger partial charge is 0.377 e. The van der Waals surface area contributed by atoms with Crippen molar-refractivity contribution in [3.05, 3.63) is 108 Å². The molecule has 0 unspecified atom stereocenters. The SMILES string of the molecule is C[n+]1ccc(/C=C/c2ccc3c(c2)c2cc(/C=C/c4cc[n+](C)cc4)ccc2n3CCOCCOCCOCC[N+]2(C)CCCCC2)cc1. The number of likely N-dealkylation sites (tertiary alicyclic amines) is 1. The molecule has 4 heterocycles. The summed E-state index contributed by atoms with van der Waals surface area (Å²) in [6.07, 6.45) is 21.1. The van der Waals surface area contributed by atoms with Gasteiger partial charge in [0, 0.05) is 52.6 Å². The maximum atomic E-state index is 6.05. The van der Waals surface area contributed by atoms with Crippen molar-refractivity contribution in [3.63, 3.8) is 0 Å². The second kappa shape index (κ2) is 17.0. The molecule has 2 aromatic carbocycles. The van der Waals surface area contributed by atoms with Crippen molar-refractivity contribution in [1.29, 1.82) is 0 Å². The van der Waals surface area contributed by atoms with Crippen molar-refractivity contribution >= 4 is 46.1 Å². The third-order valence-electron chi connectivity index (χ3n) is 9.73. The number of quaternary nitrogens is 1. The summed E-state index contributed by atoms with van der Waals surface area (Å²) in [7, 11) is 6.43. The predicted molar refractivity (Wildman–Crippen MR) is 200 cm³/mol. The number of fused-ring (bicyclic) bond motifs is 3. The minimum absolute atomic E-state index is 0.574. The molecule has 1 aliphatic rings. The summed E-state index contributed by atoms with van der Waals surface area (Å²) in [4.78, 5) is 0. The molecule has 1 fully saturated rings. The minimum atomic E-state index is 0.574. The van der Waals surface area contributed by atoms with E-state index >= 15 is 0 Å². The lowest BCUT2D eigenvalue weighted by Crippen LogP contribution is -2.49. The third kappa shape index (κ3) is 9.73. The van der Waals surface area contributed by atoms with Crippen LogP contribution in [0.15, 0.2) is 85.5 Å². The predicted octanol–water partition coefficient (Wildman–Crippen LogP) is 6.46. The fourth-order valence-corrected chi connectivity index (χ4v) is 6.70. The van der Waals surface area contributed by atoms with Gasteiger partial charge in [0.2, 0.25) is 0 Å². The average molecular weight is 662 g/mol. The van der Waals surface area contributed by atoms with Crippen molar-refractivity contribution < 1.29 is 27.8 Å². The van der Waals surface area contributed by atoms with Gasteiger partial charge in [0.15, 0.2) is 24.8 Å². The molecule has 5 aromatic rings. The van der Waals surface area contributed by atoms with Gasteiger partial charge in [0.05, 0.1) is 59.8 Å². The average Bonchev–Trinajstić information content (AvgIpc) is 3.42. The van der Waals surface area contributed by atoms with Crippen LogP contribution in [-0.4, -0.2) is 75.4 Å². The minimum Gasteiger partial charge on any atom is -0.377 e. The van der Waals surface area contributed by atoms with Crippen molar-refractivity contribution in [2.45, 2.75) is 25.8 Å². The van der Waals surface area contributed by atoms with Gasteiger partial charge in [-0.15, -0.1) is 0 Å². The number of hydrogen-bond acceptors (Lipinski definition) is 3. The van der Waals surface area contributed by atoms with E-state index in [0.29, 0.717) is 33.0 Å². The molecule has 1 aliphatic heterocycles. The Balaban J connectivity index is 1.07. The van der Waals surface area contributed by atoms with Crippen LogP contribution in [0, 0.1) is 0 Å². The zero-order valence-corrected chi connectivity index (χ0v) is 29.6. The zero-order valence-electron chi connectivity index (χ0n) is 29.6. The maximum absolute atomic E-state index is 6.05. The molecule has 0 atom stereocenters. The summed E-state index contributed by atoms with van der Waals surface area (Å²) in [5, 5.41) is 2.50. The fourth-order valence-electron chi connectivity index (χ4n) is 6.70. The van der Waals surface area contributed by atoms with E-state index in [4.69, 9.17) is 14.2 Å². The van der Waals surface area contributed by atoms with E-state index in [1.807, 2.05) is 23.2 Å². The van der Waals surface area contributed by atoms with Crippen LogP contribution in [0.2, 0.25) is 0 Å². The maximum Gasteiger partial charge on any atom is 0.169 e. The number of ether oxygens (including phenoxy) is 3. The second-order valence-electron chi connectivity index (χ2n) is 13.7. The summed E-state index contributed by atoms with van der Waals surface area (Å²) < 4.78 is 25.4. The number of pyridine rings is 2. The molecule has 256 valence electrons. The van der Waals surface area contributed by atoms with Crippen molar-refractivity contribution in [2.24, 2.45) is 14.1 Å². The molecule has 0 aliphatic carbocycles. The molecule has 0 N–H and O–H groups in total. The van der Waals surface area contributed by atoms with Crippen molar-refractivity contribution in [3.8, 4) is 0 Å². The molecule has 0 bridgehead atoms. The van der Waals surface area contributed by atoms with Crippen molar-refractivity contribution in [2.75, 3.05) is 66.3 Å². The van der Waals surface area contributed by atoms with Crippen LogP contribution < -0.4 is 9.13 Å². The molecule has 3 aromatic heterocycles. The molecule has 7 nitrogen and oxygen atoms in total. The number of likely N-dealkylation sites (N-methyl/N-ethyl adjacent to an activating group) is 1. The molecular weight excluding hydrogens is 608 g/mol. The Kier molecular flexibility index (Phi) is 12.0. The summed E-state index contributed by atoms with van der Waals surface area (Å²) >= 11 is 0. The number of piperidine rings is 1. The number of aromatic nitrogens is 3. The van der Waals surface area contributed by atoms with Crippen LogP contribution in [0.4, 0.5) is 0 Å². The van der Waals surface area contributed by atoms with Gasteiger partial charge in [-0.25, -0.2) is 9.13 Å². The zero-order chi connectivity index (χ0) is 33.9. The third-order valence-corrected chi connectivity index (χ3v) is 9.73. The van der Waals surface area contributed by atoms with Gasteiger partial charge in [-0.05, 0) is 65.8 Å². The molecule has 6 rings (SSSR count). The number of hydrogen-bond donors (Lipinski definition) is 0. The fraction of sp³-hybridized carbons (Fsp3) is 0.381. The van der Waals surface area contributed by atoms with Gasteiger partial charge in [-0.2, -0.15) is 0 Å². The Bertz CT molecular complexity index is 1740. The Morgan fingerprint density at radius 2 is 1.02 bits per heavy atom. The van der Waals surface area contributed by atoms with E-state index in [2.05, 4.69) is 121 Å². The Labute approximate surface area is 291 Å².